The first-order valence-electron chi connectivity index (χ1n) is 6.33. The molecule has 1 aliphatic rings. The van der Waals surface area contributed by atoms with Gasteiger partial charge in [-0.25, -0.2) is 4.98 Å². The molecule has 4 nitrogen and oxygen atoms in total. The van der Waals surface area contributed by atoms with E-state index in [0.717, 1.165) is 23.1 Å². The molecular formula is C14H16ClN3O. The van der Waals surface area contributed by atoms with Crippen molar-refractivity contribution in [1.29, 1.82) is 0 Å². The predicted octanol–water partition coefficient (Wildman–Crippen LogP) is 3.93. The van der Waals surface area contributed by atoms with Crippen molar-refractivity contribution < 1.29 is 4.74 Å². The number of methoxy groups -OCH3 is 1. The highest BCUT2D eigenvalue weighted by atomic mass is 35.5. The minimum Gasteiger partial charge on any atom is -0.495 e. The molecule has 1 aromatic carbocycles. The summed E-state index contributed by atoms with van der Waals surface area (Å²) in [7, 11) is 1.65. The van der Waals surface area contributed by atoms with Gasteiger partial charge in [-0.2, -0.15) is 0 Å². The van der Waals surface area contributed by atoms with Crippen molar-refractivity contribution >= 4 is 23.2 Å². The first-order chi connectivity index (χ1) is 9.17. The maximum Gasteiger partial charge on any atom is 0.207 e. The van der Waals surface area contributed by atoms with Crippen LogP contribution in [0.2, 0.25) is 5.02 Å². The third-order valence-electron chi connectivity index (χ3n) is 3.20. The SMILES string of the molecule is COc1ccc(Cl)cc1Nc1nc(C)cn1C1CC1. The van der Waals surface area contributed by atoms with Gasteiger partial charge in [0.05, 0.1) is 18.5 Å². The topological polar surface area (TPSA) is 39.1 Å². The lowest BCUT2D eigenvalue weighted by atomic mass is 10.3. The monoisotopic (exact) mass is 277 g/mol. The van der Waals surface area contributed by atoms with E-state index in [9.17, 15) is 0 Å². The Bertz CT molecular complexity index is 605. The number of nitrogens with one attached hydrogen (secondary N) is 1. The normalized spacial score (nSPS) is 14.5. The molecule has 2 aromatic rings. The third-order valence-corrected chi connectivity index (χ3v) is 3.44. The van der Waals surface area contributed by atoms with E-state index in [1.807, 2.05) is 25.1 Å². The lowest BCUT2D eigenvalue weighted by molar-refractivity contribution is 0.416. The molecule has 3 rings (SSSR count). The van der Waals surface area contributed by atoms with Crippen molar-refractivity contribution in [2.45, 2.75) is 25.8 Å². The number of aromatic nitrogens is 2. The van der Waals surface area contributed by atoms with Crippen molar-refractivity contribution in [3.05, 3.63) is 35.1 Å². The Morgan fingerprint density at radius 1 is 1.42 bits per heavy atom. The Morgan fingerprint density at radius 3 is 2.89 bits per heavy atom. The number of aryl methyl sites for hydroxylation is 1. The summed E-state index contributed by atoms with van der Waals surface area (Å²) in [5, 5.41) is 3.99. The van der Waals surface area contributed by atoms with Gasteiger partial charge in [0.2, 0.25) is 5.95 Å². The molecule has 0 saturated heterocycles. The van der Waals surface area contributed by atoms with Crippen LogP contribution in [0.25, 0.3) is 0 Å². The smallest absolute Gasteiger partial charge is 0.207 e. The van der Waals surface area contributed by atoms with Crippen LogP contribution >= 0.6 is 11.6 Å². The number of rotatable bonds is 4. The van der Waals surface area contributed by atoms with Gasteiger partial charge in [0.1, 0.15) is 5.75 Å². The van der Waals surface area contributed by atoms with E-state index in [0.29, 0.717) is 11.1 Å². The fraction of sp³-hybridized carbons (Fsp3) is 0.357. The Morgan fingerprint density at radius 2 is 2.21 bits per heavy atom. The quantitative estimate of drug-likeness (QED) is 0.920. The zero-order valence-corrected chi connectivity index (χ0v) is 11.7. The van der Waals surface area contributed by atoms with Crippen molar-refractivity contribution in [2.75, 3.05) is 12.4 Å². The van der Waals surface area contributed by atoms with Crippen LogP contribution in [0.1, 0.15) is 24.6 Å². The second-order valence-corrected chi connectivity index (χ2v) is 5.25. The summed E-state index contributed by atoms with van der Waals surface area (Å²) in [5.41, 5.74) is 1.85. The fourth-order valence-corrected chi connectivity index (χ4v) is 2.31. The number of ether oxygens (including phenoxy) is 1. The zero-order chi connectivity index (χ0) is 13.4. The van der Waals surface area contributed by atoms with Crippen molar-refractivity contribution in [3.63, 3.8) is 0 Å². The second kappa shape index (κ2) is 4.78. The molecule has 100 valence electrons. The zero-order valence-electron chi connectivity index (χ0n) is 11.0. The van der Waals surface area contributed by atoms with Gasteiger partial charge >= 0.3 is 0 Å². The number of benzene rings is 1. The van der Waals surface area contributed by atoms with Crippen LogP contribution in [0.15, 0.2) is 24.4 Å². The summed E-state index contributed by atoms with van der Waals surface area (Å²) in [6.07, 6.45) is 4.52. The molecule has 1 N–H and O–H groups in total. The maximum atomic E-state index is 6.04. The van der Waals surface area contributed by atoms with Crippen LogP contribution < -0.4 is 10.1 Å². The molecule has 1 saturated carbocycles. The summed E-state index contributed by atoms with van der Waals surface area (Å²) in [5.74, 6) is 1.60. The maximum absolute atomic E-state index is 6.04. The minimum absolute atomic E-state index is 0.578. The van der Waals surface area contributed by atoms with Crippen LogP contribution in [-0.4, -0.2) is 16.7 Å². The van der Waals surface area contributed by atoms with Crippen LogP contribution in [0.3, 0.4) is 0 Å². The highest BCUT2D eigenvalue weighted by molar-refractivity contribution is 6.30. The summed E-state index contributed by atoms with van der Waals surface area (Å²) in [4.78, 5) is 4.53. The van der Waals surface area contributed by atoms with Gasteiger partial charge in [-0.1, -0.05) is 11.6 Å². The van der Waals surface area contributed by atoms with Crippen molar-refractivity contribution in [2.24, 2.45) is 0 Å². The molecule has 5 heteroatoms. The second-order valence-electron chi connectivity index (χ2n) is 4.81. The molecule has 0 amide bonds. The Kier molecular flexibility index (Phi) is 3.11. The molecule has 0 unspecified atom stereocenters. The first-order valence-corrected chi connectivity index (χ1v) is 6.71. The van der Waals surface area contributed by atoms with Crippen LogP contribution in [0.4, 0.5) is 11.6 Å². The highest BCUT2D eigenvalue weighted by Gasteiger charge is 2.26. The molecule has 1 aliphatic carbocycles. The molecule has 0 bridgehead atoms. The molecule has 1 heterocycles. The summed E-state index contributed by atoms with van der Waals surface area (Å²) >= 11 is 6.04. The molecular weight excluding hydrogens is 262 g/mol. The molecule has 1 aromatic heterocycles. The van der Waals surface area contributed by atoms with Gasteiger partial charge in [0.15, 0.2) is 0 Å². The lowest BCUT2D eigenvalue weighted by Gasteiger charge is -2.12. The average Bonchev–Trinajstić information content (AvgIpc) is 3.15. The molecule has 19 heavy (non-hydrogen) atoms. The summed E-state index contributed by atoms with van der Waals surface area (Å²) < 4.78 is 7.53. The number of imidazole rings is 1. The van der Waals surface area contributed by atoms with Gasteiger partial charge < -0.3 is 14.6 Å². The van der Waals surface area contributed by atoms with Crippen LogP contribution in [0.5, 0.6) is 5.75 Å². The van der Waals surface area contributed by atoms with E-state index in [4.69, 9.17) is 16.3 Å². The predicted molar refractivity (Wildman–Crippen MR) is 76.5 cm³/mol. The molecule has 0 aliphatic heterocycles. The van der Waals surface area contributed by atoms with Gasteiger partial charge in [-0.15, -0.1) is 0 Å². The van der Waals surface area contributed by atoms with E-state index in [-0.39, 0.29) is 0 Å². The Hall–Kier alpha value is -1.68. The number of hydrogen-bond donors (Lipinski definition) is 1. The number of nitrogens with zero attached hydrogens (tertiary/aromatic N) is 2. The summed E-state index contributed by atoms with van der Waals surface area (Å²) in [6, 6.07) is 6.09. The number of halogens is 1. The standard InChI is InChI=1S/C14H16ClN3O/c1-9-8-18(11-4-5-11)14(16-9)17-12-7-10(15)3-6-13(12)19-2/h3,6-8,11H,4-5H2,1-2H3,(H,16,17). The highest BCUT2D eigenvalue weighted by Crippen LogP contribution is 2.39. The number of anilines is 2. The van der Waals surface area contributed by atoms with Gasteiger partial charge in [-0.05, 0) is 38.0 Å². The summed E-state index contributed by atoms with van der Waals surface area (Å²) in [6.45, 7) is 2.00. The molecule has 1 fully saturated rings. The molecule has 0 spiro atoms. The third kappa shape index (κ3) is 2.54. The van der Waals surface area contributed by atoms with E-state index in [1.54, 1.807) is 7.11 Å². The largest absolute Gasteiger partial charge is 0.495 e. The van der Waals surface area contributed by atoms with Gasteiger partial charge in [0.25, 0.3) is 0 Å². The van der Waals surface area contributed by atoms with Gasteiger partial charge in [-0.3, -0.25) is 0 Å². The van der Waals surface area contributed by atoms with Crippen LogP contribution in [-0.2, 0) is 0 Å². The van der Waals surface area contributed by atoms with E-state index in [1.165, 1.54) is 12.8 Å². The van der Waals surface area contributed by atoms with E-state index >= 15 is 0 Å². The van der Waals surface area contributed by atoms with Gasteiger partial charge in [0, 0.05) is 17.3 Å². The average molecular weight is 278 g/mol. The van der Waals surface area contributed by atoms with Crippen molar-refractivity contribution in [3.8, 4) is 5.75 Å². The van der Waals surface area contributed by atoms with Crippen molar-refractivity contribution in [1.82, 2.24) is 9.55 Å². The Balaban J connectivity index is 1.94. The minimum atomic E-state index is 0.578. The molecule has 0 atom stereocenters. The number of hydrogen-bond acceptors (Lipinski definition) is 3. The lowest BCUT2D eigenvalue weighted by Crippen LogP contribution is -2.02. The fourth-order valence-electron chi connectivity index (χ4n) is 2.14. The van der Waals surface area contributed by atoms with Crippen LogP contribution in [0, 0.1) is 6.92 Å². The molecule has 0 radical (unpaired) electrons. The van der Waals surface area contributed by atoms with E-state index in [2.05, 4.69) is 21.1 Å². The van der Waals surface area contributed by atoms with E-state index < -0.39 is 0 Å². The first kappa shape index (κ1) is 12.4. The Labute approximate surface area is 117 Å².